The summed E-state index contributed by atoms with van der Waals surface area (Å²) in [5.74, 6) is 1.03. The average molecular weight is 364 g/mol. The lowest BCUT2D eigenvalue weighted by Crippen LogP contribution is -2.31. The van der Waals surface area contributed by atoms with Crippen LogP contribution in [-0.2, 0) is 0 Å². The second-order valence-electron chi connectivity index (χ2n) is 5.22. The molecule has 134 valence electrons. The Kier molecular flexibility index (Phi) is 6.47. The maximum Gasteiger partial charge on any atom is 0.272 e. The molecule has 1 aromatic carbocycles. The lowest BCUT2D eigenvalue weighted by molar-refractivity contribution is 0.0767. The number of nitrogens with one attached hydrogen (secondary N) is 1. The molecule has 25 heavy (non-hydrogen) atoms. The molecule has 2 rings (SSSR count). The van der Waals surface area contributed by atoms with Crippen LogP contribution in [-0.4, -0.2) is 43.1 Å². The smallest absolute Gasteiger partial charge is 0.272 e. The minimum atomic E-state index is -0.0812. The number of hydrogen-bond acceptors (Lipinski definition) is 5. The number of methoxy groups -OCH3 is 2. The van der Waals surface area contributed by atoms with Gasteiger partial charge in [-0.1, -0.05) is 11.6 Å². The number of halogens is 1. The number of amides is 1. The van der Waals surface area contributed by atoms with E-state index in [9.17, 15) is 4.79 Å². The number of nitrogens with zero attached hydrogens (tertiary/aromatic N) is 2. The fourth-order valence-corrected chi connectivity index (χ4v) is 2.61. The van der Waals surface area contributed by atoms with Crippen LogP contribution in [0.1, 0.15) is 24.3 Å². The van der Waals surface area contributed by atoms with Gasteiger partial charge in [0.25, 0.3) is 5.91 Å². The standard InChI is InChI=1S/C18H22ClN3O3/c1-5-22(6-2)18(23)14-8-7-12(11-20-14)21-15-10-16(24-3)13(19)9-17(15)25-4/h7-11,21H,5-6H2,1-4H3. The molecule has 6 nitrogen and oxygen atoms in total. The molecule has 0 bridgehead atoms. The van der Waals surface area contributed by atoms with E-state index >= 15 is 0 Å². The van der Waals surface area contributed by atoms with E-state index in [4.69, 9.17) is 21.1 Å². The summed E-state index contributed by atoms with van der Waals surface area (Å²) in [6.07, 6.45) is 1.61. The first-order valence-corrected chi connectivity index (χ1v) is 8.35. The van der Waals surface area contributed by atoms with Crippen molar-refractivity contribution in [2.45, 2.75) is 13.8 Å². The van der Waals surface area contributed by atoms with Crippen LogP contribution in [0.5, 0.6) is 11.5 Å². The molecular formula is C18H22ClN3O3. The second kappa shape index (κ2) is 8.58. The average Bonchev–Trinajstić information content (AvgIpc) is 2.64. The highest BCUT2D eigenvalue weighted by molar-refractivity contribution is 6.32. The molecule has 1 aromatic heterocycles. The van der Waals surface area contributed by atoms with Crippen molar-refractivity contribution in [1.29, 1.82) is 0 Å². The van der Waals surface area contributed by atoms with Crippen LogP contribution in [0.15, 0.2) is 30.5 Å². The van der Waals surface area contributed by atoms with Gasteiger partial charge >= 0.3 is 0 Å². The molecule has 0 fully saturated rings. The van der Waals surface area contributed by atoms with E-state index < -0.39 is 0 Å². The fourth-order valence-electron chi connectivity index (χ4n) is 2.38. The summed E-state index contributed by atoms with van der Waals surface area (Å²) in [4.78, 5) is 18.3. The largest absolute Gasteiger partial charge is 0.495 e. The number of ether oxygens (including phenoxy) is 2. The van der Waals surface area contributed by atoms with E-state index in [0.29, 0.717) is 41.0 Å². The number of pyridine rings is 1. The van der Waals surface area contributed by atoms with Crippen LogP contribution in [0, 0.1) is 0 Å². The summed E-state index contributed by atoms with van der Waals surface area (Å²) >= 11 is 6.11. The molecule has 1 heterocycles. The number of hydrogen-bond donors (Lipinski definition) is 1. The van der Waals surface area contributed by atoms with Gasteiger partial charge in [-0.3, -0.25) is 4.79 Å². The lowest BCUT2D eigenvalue weighted by atomic mass is 10.2. The predicted octanol–water partition coefficient (Wildman–Crippen LogP) is 3.98. The zero-order valence-corrected chi connectivity index (χ0v) is 15.6. The number of carbonyl (C=O) groups excluding carboxylic acids is 1. The Balaban J connectivity index is 2.23. The van der Waals surface area contributed by atoms with Crippen LogP contribution >= 0.6 is 11.6 Å². The molecule has 0 spiro atoms. The predicted molar refractivity (Wildman–Crippen MR) is 99.3 cm³/mol. The summed E-state index contributed by atoms with van der Waals surface area (Å²) < 4.78 is 10.6. The van der Waals surface area contributed by atoms with Crippen LogP contribution in [0.2, 0.25) is 5.02 Å². The SMILES string of the molecule is CCN(CC)C(=O)c1ccc(Nc2cc(OC)c(Cl)cc2OC)cn1. The first-order chi connectivity index (χ1) is 12.0. The van der Waals surface area contributed by atoms with Gasteiger partial charge in [0.2, 0.25) is 0 Å². The summed E-state index contributed by atoms with van der Waals surface area (Å²) in [6.45, 7) is 5.19. The summed E-state index contributed by atoms with van der Waals surface area (Å²) in [5.41, 5.74) is 1.82. The topological polar surface area (TPSA) is 63.7 Å². The molecule has 0 aliphatic heterocycles. The van der Waals surface area contributed by atoms with Crippen molar-refractivity contribution in [2.24, 2.45) is 0 Å². The highest BCUT2D eigenvalue weighted by Gasteiger charge is 2.14. The third kappa shape index (κ3) is 4.33. The monoisotopic (exact) mass is 363 g/mol. The molecular weight excluding hydrogens is 342 g/mol. The van der Waals surface area contributed by atoms with Crippen LogP contribution in [0.25, 0.3) is 0 Å². The Morgan fingerprint density at radius 1 is 1.16 bits per heavy atom. The van der Waals surface area contributed by atoms with E-state index in [-0.39, 0.29) is 5.91 Å². The highest BCUT2D eigenvalue weighted by Crippen LogP contribution is 2.37. The second-order valence-corrected chi connectivity index (χ2v) is 5.63. The number of anilines is 2. The van der Waals surface area contributed by atoms with Crippen molar-refractivity contribution in [3.63, 3.8) is 0 Å². The van der Waals surface area contributed by atoms with Crippen molar-refractivity contribution in [3.8, 4) is 11.5 Å². The maximum atomic E-state index is 12.3. The van der Waals surface area contributed by atoms with E-state index in [0.717, 1.165) is 5.69 Å². The Morgan fingerprint density at radius 3 is 2.36 bits per heavy atom. The van der Waals surface area contributed by atoms with Gasteiger partial charge in [-0.2, -0.15) is 0 Å². The van der Waals surface area contributed by atoms with Crippen molar-refractivity contribution in [1.82, 2.24) is 9.88 Å². The minimum absolute atomic E-state index is 0.0812. The Bertz CT molecular complexity index is 731. The molecule has 0 aliphatic rings. The van der Waals surface area contributed by atoms with Gasteiger partial charge < -0.3 is 19.7 Å². The quantitative estimate of drug-likeness (QED) is 0.806. The molecule has 1 N–H and O–H groups in total. The Labute approximate surface area is 152 Å². The van der Waals surface area contributed by atoms with Crippen molar-refractivity contribution in [2.75, 3.05) is 32.6 Å². The molecule has 7 heteroatoms. The van der Waals surface area contributed by atoms with Crippen molar-refractivity contribution < 1.29 is 14.3 Å². The lowest BCUT2D eigenvalue weighted by Gasteiger charge is -2.18. The number of rotatable bonds is 7. The van der Waals surface area contributed by atoms with E-state index in [1.165, 1.54) is 0 Å². The fraction of sp³-hybridized carbons (Fsp3) is 0.333. The van der Waals surface area contributed by atoms with Gasteiger partial charge in [-0.25, -0.2) is 4.98 Å². The molecule has 0 saturated heterocycles. The van der Waals surface area contributed by atoms with E-state index in [1.807, 2.05) is 13.8 Å². The zero-order valence-electron chi connectivity index (χ0n) is 14.8. The Morgan fingerprint density at radius 2 is 1.84 bits per heavy atom. The number of benzene rings is 1. The van der Waals surface area contributed by atoms with Gasteiger partial charge in [0.1, 0.15) is 17.2 Å². The third-order valence-corrected chi connectivity index (χ3v) is 4.08. The van der Waals surface area contributed by atoms with Gasteiger partial charge in [0, 0.05) is 25.2 Å². The molecule has 0 aliphatic carbocycles. The molecule has 0 saturated carbocycles. The van der Waals surface area contributed by atoms with Gasteiger partial charge in [0.15, 0.2) is 0 Å². The molecule has 0 radical (unpaired) electrons. The number of aromatic nitrogens is 1. The van der Waals surface area contributed by atoms with Gasteiger partial charge in [-0.15, -0.1) is 0 Å². The van der Waals surface area contributed by atoms with E-state index in [1.54, 1.807) is 49.6 Å². The maximum absolute atomic E-state index is 12.3. The van der Waals surface area contributed by atoms with Crippen LogP contribution in [0.3, 0.4) is 0 Å². The molecule has 1 amide bonds. The number of carbonyl (C=O) groups is 1. The van der Waals surface area contributed by atoms with Crippen molar-refractivity contribution >= 4 is 28.9 Å². The van der Waals surface area contributed by atoms with Crippen molar-refractivity contribution in [3.05, 3.63) is 41.2 Å². The molecule has 2 aromatic rings. The first kappa shape index (κ1) is 18.9. The highest BCUT2D eigenvalue weighted by atomic mass is 35.5. The Hall–Kier alpha value is -2.47. The minimum Gasteiger partial charge on any atom is -0.495 e. The van der Waals surface area contributed by atoms with Crippen LogP contribution < -0.4 is 14.8 Å². The molecule has 0 unspecified atom stereocenters. The van der Waals surface area contributed by atoms with Gasteiger partial charge in [0.05, 0.1) is 36.8 Å². The summed E-state index contributed by atoms with van der Waals surface area (Å²) in [6, 6.07) is 6.91. The van der Waals surface area contributed by atoms with Crippen LogP contribution in [0.4, 0.5) is 11.4 Å². The van der Waals surface area contributed by atoms with E-state index in [2.05, 4.69) is 10.3 Å². The molecule has 0 atom stereocenters. The van der Waals surface area contributed by atoms with Gasteiger partial charge in [-0.05, 0) is 26.0 Å². The summed E-state index contributed by atoms with van der Waals surface area (Å²) in [7, 11) is 3.11. The zero-order chi connectivity index (χ0) is 18.4. The summed E-state index contributed by atoms with van der Waals surface area (Å²) in [5, 5.41) is 3.66. The first-order valence-electron chi connectivity index (χ1n) is 7.97. The normalized spacial score (nSPS) is 10.3. The third-order valence-electron chi connectivity index (χ3n) is 3.79.